The zero-order valence-corrected chi connectivity index (χ0v) is 21.5. The molecule has 0 amide bonds. The van der Waals surface area contributed by atoms with E-state index >= 15 is 0 Å². The molecule has 190 valence electrons. The SMILES string of the molecule is CCc1c(CCNCCCCCCNCCc2ccc([N+](=O)[O-])cc2)ccc(OC)c1OC.Cl. The van der Waals surface area contributed by atoms with E-state index in [9.17, 15) is 10.1 Å². The van der Waals surface area contributed by atoms with Crippen molar-refractivity contribution in [1.29, 1.82) is 0 Å². The number of nitrogens with zero attached hydrogens (tertiary/aromatic N) is 1. The molecule has 8 heteroatoms. The van der Waals surface area contributed by atoms with Gasteiger partial charge >= 0.3 is 0 Å². The maximum Gasteiger partial charge on any atom is 0.269 e. The summed E-state index contributed by atoms with van der Waals surface area (Å²) in [5, 5.41) is 17.7. The Morgan fingerprint density at radius 2 is 1.44 bits per heavy atom. The summed E-state index contributed by atoms with van der Waals surface area (Å²) in [5.74, 6) is 1.66. The Morgan fingerprint density at radius 1 is 0.824 bits per heavy atom. The number of unbranched alkanes of at least 4 members (excludes halogenated alkanes) is 3. The van der Waals surface area contributed by atoms with Crippen molar-refractivity contribution in [2.24, 2.45) is 0 Å². The topological polar surface area (TPSA) is 85.7 Å². The number of hydrogen-bond acceptors (Lipinski definition) is 6. The third-order valence-electron chi connectivity index (χ3n) is 5.86. The van der Waals surface area contributed by atoms with Gasteiger partial charge in [0, 0.05) is 17.7 Å². The number of methoxy groups -OCH3 is 2. The molecule has 0 saturated carbocycles. The second-order valence-electron chi connectivity index (χ2n) is 8.13. The molecule has 0 aromatic heterocycles. The highest BCUT2D eigenvalue weighted by Gasteiger charge is 2.13. The van der Waals surface area contributed by atoms with Crippen LogP contribution in [0.4, 0.5) is 5.69 Å². The number of non-ortho nitro benzene ring substituents is 1. The largest absolute Gasteiger partial charge is 0.493 e. The fourth-order valence-corrected chi connectivity index (χ4v) is 4.00. The minimum atomic E-state index is -0.363. The van der Waals surface area contributed by atoms with Crippen molar-refractivity contribution in [3.8, 4) is 11.5 Å². The molecule has 34 heavy (non-hydrogen) atoms. The molecule has 2 N–H and O–H groups in total. The maximum atomic E-state index is 10.7. The average Bonchev–Trinajstić information content (AvgIpc) is 2.84. The molecule has 0 heterocycles. The van der Waals surface area contributed by atoms with Gasteiger partial charge in [-0.3, -0.25) is 10.1 Å². The van der Waals surface area contributed by atoms with Gasteiger partial charge < -0.3 is 20.1 Å². The van der Waals surface area contributed by atoms with Gasteiger partial charge in [0.15, 0.2) is 11.5 Å². The smallest absolute Gasteiger partial charge is 0.269 e. The molecule has 2 aromatic carbocycles. The molecule has 2 aromatic rings. The zero-order chi connectivity index (χ0) is 23.9. The van der Waals surface area contributed by atoms with Crippen LogP contribution in [0.2, 0.25) is 0 Å². The Labute approximate surface area is 210 Å². The van der Waals surface area contributed by atoms with Crippen LogP contribution >= 0.6 is 12.4 Å². The quantitative estimate of drug-likeness (QED) is 0.181. The van der Waals surface area contributed by atoms with Gasteiger partial charge in [0.2, 0.25) is 0 Å². The van der Waals surface area contributed by atoms with E-state index in [4.69, 9.17) is 9.47 Å². The van der Waals surface area contributed by atoms with Crippen molar-refractivity contribution < 1.29 is 14.4 Å². The minimum Gasteiger partial charge on any atom is -0.493 e. The van der Waals surface area contributed by atoms with E-state index in [1.165, 1.54) is 36.8 Å². The molecule has 0 bridgehead atoms. The second kappa shape index (κ2) is 17.1. The first-order chi connectivity index (χ1) is 16.1. The highest BCUT2D eigenvalue weighted by molar-refractivity contribution is 5.85. The van der Waals surface area contributed by atoms with Gasteiger partial charge in [0.05, 0.1) is 19.1 Å². The second-order valence-corrected chi connectivity index (χ2v) is 8.13. The Bertz CT molecular complexity index is 847. The van der Waals surface area contributed by atoms with Gasteiger partial charge in [-0.1, -0.05) is 38.0 Å². The van der Waals surface area contributed by atoms with Crippen molar-refractivity contribution in [3.63, 3.8) is 0 Å². The third kappa shape index (κ3) is 9.87. The van der Waals surface area contributed by atoms with Crippen LogP contribution < -0.4 is 20.1 Å². The van der Waals surface area contributed by atoms with Crippen LogP contribution in [-0.4, -0.2) is 45.3 Å². The first-order valence-electron chi connectivity index (χ1n) is 12.0. The minimum absolute atomic E-state index is 0. The molecule has 2 rings (SSSR count). The van der Waals surface area contributed by atoms with Gasteiger partial charge in [-0.25, -0.2) is 0 Å². The molecule has 0 atom stereocenters. The van der Waals surface area contributed by atoms with Crippen LogP contribution in [0.1, 0.15) is 49.3 Å². The number of hydrogen-bond donors (Lipinski definition) is 2. The van der Waals surface area contributed by atoms with Gasteiger partial charge in [0.25, 0.3) is 5.69 Å². The molecule has 0 aliphatic heterocycles. The number of ether oxygens (including phenoxy) is 2. The lowest BCUT2D eigenvalue weighted by atomic mass is 10.0. The number of nitro groups is 1. The summed E-state index contributed by atoms with van der Waals surface area (Å²) >= 11 is 0. The molecule has 0 radical (unpaired) electrons. The van der Waals surface area contributed by atoms with E-state index in [-0.39, 0.29) is 23.0 Å². The monoisotopic (exact) mass is 493 g/mol. The fourth-order valence-electron chi connectivity index (χ4n) is 4.00. The number of rotatable bonds is 17. The van der Waals surface area contributed by atoms with Gasteiger partial charge in [-0.15, -0.1) is 12.4 Å². The van der Waals surface area contributed by atoms with Crippen LogP contribution in [-0.2, 0) is 19.3 Å². The van der Waals surface area contributed by atoms with Gasteiger partial charge in [0.1, 0.15) is 0 Å². The predicted molar refractivity (Wildman–Crippen MR) is 141 cm³/mol. The van der Waals surface area contributed by atoms with Crippen molar-refractivity contribution in [2.45, 2.75) is 51.9 Å². The Morgan fingerprint density at radius 3 is 1.97 bits per heavy atom. The van der Waals surface area contributed by atoms with Crippen LogP contribution in [0.25, 0.3) is 0 Å². The van der Waals surface area contributed by atoms with Crippen molar-refractivity contribution >= 4 is 18.1 Å². The zero-order valence-electron chi connectivity index (χ0n) is 20.7. The van der Waals surface area contributed by atoms with Crippen LogP contribution in [0.5, 0.6) is 11.5 Å². The normalized spacial score (nSPS) is 10.6. The summed E-state index contributed by atoms with van der Waals surface area (Å²) < 4.78 is 11.0. The molecular formula is C26H40ClN3O4. The Balaban J connectivity index is 0.00000578. The van der Waals surface area contributed by atoms with E-state index in [1.807, 2.05) is 18.2 Å². The van der Waals surface area contributed by atoms with Crippen molar-refractivity contribution in [1.82, 2.24) is 10.6 Å². The average molecular weight is 494 g/mol. The maximum absolute atomic E-state index is 10.7. The Hall–Kier alpha value is -2.35. The molecule has 7 nitrogen and oxygen atoms in total. The molecule has 0 saturated heterocycles. The van der Waals surface area contributed by atoms with E-state index in [2.05, 4.69) is 23.6 Å². The summed E-state index contributed by atoms with van der Waals surface area (Å²) in [7, 11) is 3.38. The van der Waals surface area contributed by atoms with Crippen LogP contribution in [0.3, 0.4) is 0 Å². The number of halogens is 1. The van der Waals surface area contributed by atoms with Gasteiger partial charge in [-0.2, -0.15) is 0 Å². The number of nitrogens with one attached hydrogen (secondary N) is 2. The van der Waals surface area contributed by atoms with Crippen molar-refractivity contribution in [3.05, 3.63) is 63.2 Å². The number of benzene rings is 2. The number of nitro benzene ring substituents is 1. The van der Waals surface area contributed by atoms with Gasteiger partial charge in [-0.05, 0) is 75.5 Å². The first kappa shape index (κ1) is 29.7. The lowest BCUT2D eigenvalue weighted by Gasteiger charge is -2.16. The standard InChI is InChI=1S/C26H39N3O4.ClH/c1-4-24-22(11-14-25(32-2)26(24)33-3)16-20-28-18-8-6-5-7-17-27-19-15-21-9-12-23(13-10-21)29(30)31;/h9-14,27-28H,4-8,15-20H2,1-3H3;1H. The van der Waals surface area contributed by atoms with Crippen LogP contribution in [0, 0.1) is 10.1 Å². The lowest BCUT2D eigenvalue weighted by molar-refractivity contribution is -0.384. The summed E-state index contributed by atoms with van der Waals surface area (Å²) in [5.41, 5.74) is 3.83. The molecule has 0 aliphatic rings. The Kier molecular flexibility index (Phi) is 15.0. The molecular weight excluding hydrogens is 454 g/mol. The molecule has 0 unspecified atom stereocenters. The fraction of sp³-hybridized carbons (Fsp3) is 0.538. The van der Waals surface area contributed by atoms with E-state index in [0.717, 1.165) is 62.5 Å². The third-order valence-corrected chi connectivity index (χ3v) is 5.86. The summed E-state index contributed by atoms with van der Waals surface area (Å²) in [6, 6.07) is 11.0. The summed E-state index contributed by atoms with van der Waals surface area (Å²) in [4.78, 5) is 10.3. The predicted octanol–water partition coefficient (Wildman–Crippen LogP) is 5.12. The summed E-state index contributed by atoms with van der Waals surface area (Å²) in [6.45, 7) is 6.07. The van der Waals surface area contributed by atoms with E-state index < -0.39 is 0 Å². The van der Waals surface area contributed by atoms with Crippen molar-refractivity contribution in [2.75, 3.05) is 40.4 Å². The lowest BCUT2D eigenvalue weighted by Crippen LogP contribution is -2.20. The summed E-state index contributed by atoms with van der Waals surface area (Å²) in [6.07, 6.45) is 7.62. The molecule has 0 aliphatic carbocycles. The molecule has 0 spiro atoms. The van der Waals surface area contributed by atoms with E-state index in [1.54, 1.807) is 26.4 Å². The van der Waals surface area contributed by atoms with Crippen LogP contribution in [0.15, 0.2) is 36.4 Å². The molecule has 0 fully saturated rings. The first-order valence-corrected chi connectivity index (χ1v) is 12.0. The highest BCUT2D eigenvalue weighted by Crippen LogP contribution is 2.33. The van der Waals surface area contributed by atoms with E-state index in [0.29, 0.717) is 0 Å². The highest BCUT2D eigenvalue weighted by atomic mass is 35.5.